The minimum atomic E-state index is -0.113. The zero-order valence-corrected chi connectivity index (χ0v) is 11.4. The summed E-state index contributed by atoms with van der Waals surface area (Å²) in [6.07, 6.45) is 3.04. The second-order valence-electron chi connectivity index (χ2n) is 5.13. The molecule has 0 aromatic heterocycles. The molecule has 2 aliphatic rings. The average molecular weight is 266 g/mol. The van der Waals surface area contributed by atoms with Crippen LogP contribution in [0.2, 0.25) is 0 Å². The van der Waals surface area contributed by atoms with Gasteiger partial charge < -0.3 is 10.2 Å². The summed E-state index contributed by atoms with van der Waals surface area (Å²) in [5.74, 6) is 0.433. The van der Waals surface area contributed by atoms with Crippen LogP contribution < -0.4 is 10.7 Å². The van der Waals surface area contributed by atoms with Crippen LogP contribution in [0.5, 0.6) is 0 Å². The van der Waals surface area contributed by atoms with E-state index in [1.165, 1.54) is 0 Å². The smallest absolute Gasteiger partial charge is 0.270 e. The summed E-state index contributed by atoms with van der Waals surface area (Å²) in [6.45, 7) is 5.54. The number of piperidine rings is 1. The molecule has 19 heavy (non-hydrogen) atoms. The topological polar surface area (TPSA) is 73.8 Å². The first-order valence-electron chi connectivity index (χ1n) is 7.06. The van der Waals surface area contributed by atoms with E-state index in [0.29, 0.717) is 31.0 Å². The van der Waals surface area contributed by atoms with Gasteiger partial charge in [-0.25, -0.2) is 5.43 Å². The Bertz CT molecular complexity index is 375. The Balaban J connectivity index is 1.92. The highest BCUT2D eigenvalue weighted by Crippen LogP contribution is 2.14. The van der Waals surface area contributed by atoms with Crippen molar-refractivity contribution in [2.75, 3.05) is 26.2 Å². The minimum Gasteiger partial charge on any atom is -0.338 e. The lowest BCUT2D eigenvalue weighted by atomic mass is 9.97. The third-order valence-electron chi connectivity index (χ3n) is 3.76. The second-order valence-corrected chi connectivity index (χ2v) is 5.13. The Kier molecular flexibility index (Phi) is 4.90. The molecule has 2 rings (SSSR count). The van der Waals surface area contributed by atoms with E-state index in [1.54, 1.807) is 0 Å². The van der Waals surface area contributed by atoms with E-state index in [2.05, 4.69) is 15.8 Å². The molecule has 106 valence electrons. The summed E-state index contributed by atoms with van der Waals surface area (Å²) in [7, 11) is 0. The maximum absolute atomic E-state index is 12.3. The molecule has 0 atom stereocenters. The molecule has 0 spiro atoms. The largest absolute Gasteiger partial charge is 0.338 e. The molecule has 6 nitrogen and oxygen atoms in total. The van der Waals surface area contributed by atoms with E-state index in [9.17, 15) is 9.59 Å². The summed E-state index contributed by atoms with van der Waals surface area (Å²) in [6, 6.07) is 0. The van der Waals surface area contributed by atoms with Gasteiger partial charge in [-0.3, -0.25) is 9.59 Å². The Hall–Kier alpha value is -1.43. The zero-order chi connectivity index (χ0) is 13.7. The van der Waals surface area contributed by atoms with Crippen molar-refractivity contribution in [3.8, 4) is 0 Å². The number of carbonyl (C=O) groups excluding carboxylic acids is 2. The number of rotatable bonds is 4. The van der Waals surface area contributed by atoms with Gasteiger partial charge in [0.25, 0.3) is 5.91 Å². The third kappa shape index (κ3) is 3.76. The van der Waals surface area contributed by atoms with E-state index < -0.39 is 0 Å². The lowest BCUT2D eigenvalue weighted by Gasteiger charge is -2.30. The van der Waals surface area contributed by atoms with Crippen molar-refractivity contribution in [3.05, 3.63) is 0 Å². The van der Waals surface area contributed by atoms with Crippen LogP contribution in [0.1, 0.15) is 32.6 Å². The van der Waals surface area contributed by atoms with Crippen molar-refractivity contribution in [2.45, 2.75) is 32.6 Å². The van der Waals surface area contributed by atoms with E-state index in [0.717, 1.165) is 32.5 Å². The molecule has 2 heterocycles. The Morgan fingerprint density at radius 2 is 2.11 bits per heavy atom. The molecule has 6 heteroatoms. The fourth-order valence-corrected chi connectivity index (χ4v) is 2.54. The van der Waals surface area contributed by atoms with Crippen molar-refractivity contribution in [1.29, 1.82) is 0 Å². The molecular formula is C13H22N4O2. The van der Waals surface area contributed by atoms with E-state index in [4.69, 9.17) is 0 Å². The van der Waals surface area contributed by atoms with Gasteiger partial charge in [-0.2, -0.15) is 5.10 Å². The van der Waals surface area contributed by atoms with Crippen molar-refractivity contribution in [3.63, 3.8) is 0 Å². The number of nitrogens with zero attached hydrogens (tertiary/aromatic N) is 2. The molecule has 0 aromatic rings. The van der Waals surface area contributed by atoms with Gasteiger partial charge in [0.05, 0.1) is 0 Å². The standard InChI is InChI=1S/C13H22N4O2/c1-2-17(9-10-5-7-14-8-6-10)13(19)11-3-4-12(18)16-15-11/h10,14H,2-9H2,1H3,(H,16,18). The van der Waals surface area contributed by atoms with Gasteiger partial charge in [-0.05, 0) is 38.8 Å². The first-order chi connectivity index (χ1) is 9.20. The molecule has 2 amide bonds. The molecule has 0 aromatic carbocycles. The van der Waals surface area contributed by atoms with E-state index in [1.807, 2.05) is 11.8 Å². The van der Waals surface area contributed by atoms with Crippen molar-refractivity contribution >= 4 is 17.5 Å². The highest BCUT2D eigenvalue weighted by molar-refractivity contribution is 6.39. The fourth-order valence-electron chi connectivity index (χ4n) is 2.54. The molecule has 0 unspecified atom stereocenters. The summed E-state index contributed by atoms with van der Waals surface area (Å²) >= 11 is 0. The molecule has 0 bridgehead atoms. The number of nitrogens with one attached hydrogen (secondary N) is 2. The third-order valence-corrected chi connectivity index (χ3v) is 3.76. The fraction of sp³-hybridized carbons (Fsp3) is 0.769. The highest BCUT2D eigenvalue weighted by Gasteiger charge is 2.25. The summed E-state index contributed by atoms with van der Waals surface area (Å²) in [5.41, 5.74) is 2.87. The predicted octanol–water partition coefficient (Wildman–Crippen LogP) is 0.101. The van der Waals surface area contributed by atoms with Crippen LogP contribution in [-0.2, 0) is 9.59 Å². The number of hydrogen-bond donors (Lipinski definition) is 2. The molecular weight excluding hydrogens is 244 g/mol. The number of carbonyl (C=O) groups is 2. The molecule has 0 saturated carbocycles. The maximum atomic E-state index is 12.3. The Labute approximate surface area is 113 Å². The minimum absolute atomic E-state index is 0.0268. The van der Waals surface area contributed by atoms with Crippen LogP contribution in [0.3, 0.4) is 0 Å². The van der Waals surface area contributed by atoms with E-state index >= 15 is 0 Å². The SMILES string of the molecule is CCN(CC1CCNCC1)C(=O)C1=NNC(=O)CC1. The van der Waals surface area contributed by atoms with E-state index in [-0.39, 0.29) is 11.8 Å². The van der Waals surface area contributed by atoms with Gasteiger partial charge >= 0.3 is 0 Å². The molecule has 2 aliphatic heterocycles. The van der Waals surface area contributed by atoms with Gasteiger partial charge in [0.1, 0.15) is 5.71 Å². The molecule has 0 aliphatic carbocycles. The Morgan fingerprint density at radius 3 is 2.68 bits per heavy atom. The van der Waals surface area contributed by atoms with Crippen molar-refractivity contribution in [2.24, 2.45) is 11.0 Å². The van der Waals surface area contributed by atoms with Gasteiger partial charge in [0.2, 0.25) is 5.91 Å². The lowest BCUT2D eigenvalue weighted by molar-refractivity contribution is -0.125. The molecule has 2 N–H and O–H groups in total. The molecule has 0 radical (unpaired) electrons. The van der Waals surface area contributed by atoms with Gasteiger partial charge in [0.15, 0.2) is 0 Å². The Morgan fingerprint density at radius 1 is 1.37 bits per heavy atom. The first kappa shape index (κ1) is 14.0. The molecule has 1 saturated heterocycles. The first-order valence-corrected chi connectivity index (χ1v) is 7.06. The van der Waals surface area contributed by atoms with Crippen LogP contribution in [0, 0.1) is 5.92 Å². The summed E-state index contributed by atoms with van der Waals surface area (Å²) in [4.78, 5) is 25.2. The van der Waals surface area contributed by atoms with Crippen LogP contribution in [0.15, 0.2) is 5.10 Å². The maximum Gasteiger partial charge on any atom is 0.270 e. The van der Waals surface area contributed by atoms with Crippen LogP contribution in [0.4, 0.5) is 0 Å². The molecule has 1 fully saturated rings. The lowest BCUT2D eigenvalue weighted by Crippen LogP contribution is -2.44. The average Bonchev–Trinajstić information content (AvgIpc) is 2.46. The van der Waals surface area contributed by atoms with Crippen LogP contribution in [0.25, 0.3) is 0 Å². The van der Waals surface area contributed by atoms with Gasteiger partial charge in [-0.1, -0.05) is 0 Å². The van der Waals surface area contributed by atoms with Gasteiger partial charge in [0, 0.05) is 25.9 Å². The predicted molar refractivity (Wildman–Crippen MR) is 72.7 cm³/mol. The van der Waals surface area contributed by atoms with Crippen molar-refractivity contribution < 1.29 is 9.59 Å². The van der Waals surface area contributed by atoms with Crippen LogP contribution >= 0.6 is 0 Å². The summed E-state index contributed by atoms with van der Waals surface area (Å²) < 4.78 is 0. The number of amides is 2. The summed E-state index contributed by atoms with van der Waals surface area (Å²) in [5, 5.41) is 7.21. The second kappa shape index (κ2) is 6.65. The number of hydrazone groups is 1. The normalized spacial score (nSPS) is 20.7. The van der Waals surface area contributed by atoms with Crippen molar-refractivity contribution in [1.82, 2.24) is 15.6 Å². The zero-order valence-electron chi connectivity index (χ0n) is 11.4. The monoisotopic (exact) mass is 266 g/mol. The number of hydrogen-bond acceptors (Lipinski definition) is 4. The van der Waals surface area contributed by atoms with Gasteiger partial charge in [-0.15, -0.1) is 0 Å². The highest BCUT2D eigenvalue weighted by atomic mass is 16.2. The van der Waals surface area contributed by atoms with Crippen LogP contribution in [-0.4, -0.2) is 48.6 Å². The quantitative estimate of drug-likeness (QED) is 0.758.